The van der Waals surface area contributed by atoms with E-state index in [-0.39, 0.29) is 27.8 Å². The highest BCUT2D eigenvalue weighted by Gasteiger charge is 2.33. The summed E-state index contributed by atoms with van der Waals surface area (Å²) in [5, 5.41) is 14.9. The zero-order valence-corrected chi connectivity index (χ0v) is 19.6. The van der Waals surface area contributed by atoms with Gasteiger partial charge < -0.3 is 15.7 Å². The van der Waals surface area contributed by atoms with E-state index in [1.807, 2.05) is 38.1 Å². The molecular formula is C24H25ClN2O4S. The van der Waals surface area contributed by atoms with Crippen molar-refractivity contribution in [3.05, 3.63) is 76.8 Å². The van der Waals surface area contributed by atoms with Crippen LogP contribution in [0.15, 0.2) is 65.6 Å². The largest absolute Gasteiger partial charge is 0.506 e. The fourth-order valence-electron chi connectivity index (χ4n) is 3.20. The molecule has 1 unspecified atom stereocenters. The SMILES string of the molecule is CCC(C(=O)Nc1cc(O)c(Nc2ccc(C)cc2)cc1Cl)S(=O)(=O)c1ccc(C)cc1. The van der Waals surface area contributed by atoms with Crippen molar-refractivity contribution in [3.63, 3.8) is 0 Å². The number of anilines is 3. The van der Waals surface area contributed by atoms with Crippen LogP contribution in [-0.2, 0) is 14.6 Å². The number of rotatable bonds is 7. The van der Waals surface area contributed by atoms with Crippen molar-refractivity contribution < 1.29 is 18.3 Å². The van der Waals surface area contributed by atoms with Crippen LogP contribution in [0, 0.1) is 13.8 Å². The monoisotopic (exact) mass is 472 g/mol. The topological polar surface area (TPSA) is 95.5 Å². The normalized spacial score (nSPS) is 12.2. The van der Waals surface area contributed by atoms with Crippen LogP contribution in [0.2, 0.25) is 5.02 Å². The summed E-state index contributed by atoms with van der Waals surface area (Å²) in [6.45, 7) is 5.45. The van der Waals surface area contributed by atoms with Crippen molar-refractivity contribution in [2.24, 2.45) is 0 Å². The minimum Gasteiger partial charge on any atom is -0.506 e. The van der Waals surface area contributed by atoms with E-state index in [9.17, 15) is 18.3 Å². The van der Waals surface area contributed by atoms with Crippen LogP contribution < -0.4 is 10.6 Å². The van der Waals surface area contributed by atoms with Gasteiger partial charge in [0, 0.05) is 11.8 Å². The van der Waals surface area contributed by atoms with Gasteiger partial charge in [0.05, 0.1) is 21.3 Å². The molecule has 0 bridgehead atoms. The van der Waals surface area contributed by atoms with Gasteiger partial charge in [-0.3, -0.25) is 4.79 Å². The molecule has 0 aromatic heterocycles. The van der Waals surface area contributed by atoms with Crippen molar-refractivity contribution in [2.45, 2.75) is 37.3 Å². The third kappa shape index (κ3) is 5.23. The number of hydrogen-bond acceptors (Lipinski definition) is 5. The lowest BCUT2D eigenvalue weighted by Gasteiger charge is -2.18. The quantitative estimate of drug-likeness (QED) is 0.389. The van der Waals surface area contributed by atoms with Crippen LogP contribution in [0.4, 0.5) is 17.1 Å². The fourth-order valence-corrected chi connectivity index (χ4v) is 5.04. The predicted molar refractivity (Wildman–Crippen MR) is 129 cm³/mol. The maximum atomic E-state index is 13.0. The second-order valence-corrected chi connectivity index (χ2v) is 10.1. The smallest absolute Gasteiger partial charge is 0.243 e. The molecule has 0 aliphatic rings. The van der Waals surface area contributed by atoms with Crippen LogP contribution >= 0.6 is 11.6 Å². The Kier molecular flexibility index (Phi) is 7.11. The number of phenols is 1. The van der Waals surface area contributed by atoms with Crippen molar-refractivity contribution in [2.75, 3.05) is 10.6 Å². The van der Waals surface area contributed by atoms with Crippen molar-refractivity contribution >= 4 is 44.4 Å². The van der Waals surface area contributed by atoms with Gasteiger partial charge in [-0.2, -0.15) is 0 Å². The number of nitrogens with one attached hydrogen (secondary N) is 2. The number of aromatic hydroxyl groups is 1. The zero-order valence-electron chi connectivity index (χ0n) is 18.0. The van der Waals surface area contributed by atoms with E-state index < -0.39 is 21.0 Å². The Morgan fingerprint density at radius 2 is 1.53 bits per heavy atom. The first-order chi connectivity index (χ1) is 15.1. The Balaban J connectivity index is 1.82. The Morgan fingerprint density at radius 3 is 2.09 bits per heavy atom. The fraction of sp³-hybridized carbons (Fsp3) is 0.208. The zero-order chi connectivity index (χ0) is 23.5. The standard InChI is InChI=1S/C24H25ClN2O4S/c1-4-23(32(30,31)18-11-7-16(3)8-12-18)24(29)27-20-14-22(28)21(13-19(20)25)26-17-9-5-15(2)6-10-17/h5-14,23,26,28H,4H2,1-3H3,(H,27,29). The van der Waals surface area contributed by atoms with E-state index in [2.05, 4.69) is 10.6 Å². The highest BCUT2D eigenvalue weighted by Crippen LogP contribution is 2.36. The van der Waals surface area contributed by atoms with E-state index in [4.69, 9.17) is 11.6 Å². The van der Waals surface area contributed by atoms with Gasteiger partial charge in [-0.25, -0.2) is 8.42 Å². The molecule has 0 spiro atoms. The summed E-state index contributed by atoms with van der Waals surface area (Å²) in [4.78, 5) is 12.9. The number of halogens is 1. The number of carbonyl (C=O) groups excluding carboxylic acids is 1. The molecule has 3 rings (SSSR count). The summed E-state index contributed by atoms with van der Waals surface area (Å²) in [6, 6.07) is 16.7. The van der Waals surface area contributed by atoms with Gasteiger partial charge >= 0.3 is 0 Å². The van der Waals surface area contributed by atoms with Crippen LogP contribution in [0.5, 0.6) is 5.75 Å². The molecule has 0 fully saturated rings. The summed E-state index contributed by atoms with van der Waals surface area (Å²) in [6.07, 6.45) is 0.0821. The molecule has 0 heterocycles. The Labute approximate surface area is 193 Å². The van der Waals surface area contributed by atoms with E-state index >= 15 is 0 Å². The average molecular weight is 473 g/mol. The predicted octanol–water partition coefficient (Wildman–Crippen LogP) is 5.60. The van der Waals surface area contributed by atoms with Crippen LogP contribution in [0.3, 0.4) is 0 Å². The first-order valence-corrected chi connectivity index (χ1v) is 12.0. The first-order valence-electron chi connectivity index (χ1n) is 10.1. The van der Waals surface area contributed by atoms with E-state index in [0.29, 0.717) is 5.69 Å². The summed E-state index contributed by atoms with van der Waals surface area (Å²) in [5.41, 5.74) is 3.26. The van der Waals surface area contributed by atoms with E-state index in [1.54, 1.807) is 19.1 Å². The lowest BCUT2D eigenvalue weighted by Crippen LogP contribution is -2.34. The second kappa shape index (κ2) is 9.63. The van der Waals surface area contributed by atoms with Gasteiger partial charge in [0.25, 0.3) is 0 Å². The Bertz CT molecular complexity index is 1220. The lowest BCUT2D eigenvalue weighted by molar-refractivity contribution is -0.115. The lowest BCUT2D eigenvalue weighted by atomic mass is 10.2. The third-order valence-corrected chi connectivity index (χ3v) is 7.60. The second-order valence-electron chi connectivity index (χ2n) is 7.58. The van der Waals surface area contributed by atoms with Crippen molar-refractivity contribution in [3.8, 4) is 5.75 Å². The van der Waals surface area contributed by atoms with Crippen LogP contribution in [0.1, 0.15) is 24.5 Å². The van der Waals surface area contributed by atoms with Gasteiger partial charge in [0.1, 0.15) is 11.0 Å². The molecule has 1 atom stereocenters. The summed E-state index contributed by atoms with van der Waals surface area (Å²) in [5.74, 6) is -0.853. The number of hydrogen-bond donors (Lipinski definition) is 3. The van der Waals surface area contributed by atoms with Gasteiger partial charge in [-0.1, -0.05) is 53.9 Å². The van der Waals surface area contributed by atoms with Gasteiger partial charge in [0.15, 0.2) is 9.84 Å². The highest BCUT2D eigenvalue weighted by molar-refractivity contribution is 7.92. The van der Waals surface area contributed by atoms with E-state index in [1.165, 1.54) is 24.3 Å². The first kappa shape index (κ1) is 23.6. The molecule has 3 aromatic carbocycles. The number of amides is 1. The minimum atomic E-state index is -3.89. The van der Waals surface area contributed by atoms with Crippen molar-refractivity contribution in [1.82, 2.24) is 0 Å². The van der Waals surface area contributed by atoms with Crippen LogP contribution in [-0.4, -0.2) is 24.7 Å². The number of aryl methyl sites for hydroxylation is 2. The summed E-state index contributed by atoms with van der Waals surface area (Å²) in [7, 11) is -3.89. The molecule has 168 valence electrons. The molecule has 0 saturated heterocycles. The molecule has 6 nitrogen and oxygen atoms in total. The molecule has 1 amide bonds. The maximum absolute atomic E-state index is 13.0. The molecule has 0 aliphatic carbocycles. The summed E-state index contributed by atoms with van der Waals surface area (Å²) < 4.78 is 26.0. The number of carbonyl (C=O) groups is 1. The highest BCUT2D eigenvalue weighted by atomic mass is 35.5. The maximum Gasteiger partial charge on any atom is 0.243 e. The molecule has 3 aromatic rings. The molecular weight excluding hydrogens is 448 g/mol. The number of sulfone groups is 1. The number of benzene rings is 3. The molecule has 0 aliphatic heterocycles. The molecule has 3 N–H and O–H groups in total. The Morgan fingerprint density at radius 1 is 0.969 bits per heavy atom. The number of phenolic OH excluding ortho intramolecular Hbond substituents is 1. The minimum absolute atomic E-state index is 0.0803. The van der Waals surface area contributed by atoms with Crippen LogP contribution in [0.25, 0.3) is 0 Å². The molecule has 0 radical (unpaired) electrons. The van der Waals surface area contributed by atoms with Gasteiger partial charge in [-0.05, 0) is 50.6 Å². The third-order valence-electron chi connectivity index (χ3n) is 5.06. The van der Waals surface area contributed by atoms with Gasteiger partial charge in [-0.15, -0.1) is 0 Å². The average Bonchev–Trinajstić information content (AvgIpc) is 2.74. The molecule has 8 heteroatoms. The molecule has 0 saturated carbocycles. The molecule has 32 heavy (non-hydrogen) atoms. The summed E-state index contributed by atoms with van der Waals surface area (Å²) >= 11 is 6.32. The Hall–Kier alpha value is -3.03. The van der Waals surface area contributed by atoms with E-state index in [0.717, 1.165) is 16.8 Å². The van der Waals surface area contributed by atoms with Crippen molar-refractivity contribution in [1.29, 1.82) is 0 Å². The van der Waals surface area contributed by atoms with Gasteiger partial charge in [0.2, 0.25) is 5.91 Å².